The standard InChI is InChI=1S/C4H11NO2/c1-4(6,5-2)7-3/h5-6H,1-3H3. The Morgan fingerprint density at radius 3 is 2.14 bits per heavy atom. The summed E-state index contributed by atoms with van der Waals surface area (Å²) in [6, 6.07) is 0. The normalized spacial score (nSPS) is 18.9. The molecule has 0 aromatic rings. The van der Waals surface area contributed by atoms with Gasteiger partial charge in [-0.1, -0.05) is 0 Å². The lowest BCUT2D eigenvalue weighted by Gasteiger charge is -2.18. The molecule has 44 valence electrons. The van der Waals surface area contributed by atoms with Crippen molar-refractivity contribution in [3.63, 3.8) is 0 Å². The van der Waals surface area contributed by atoms with E-state index in [0.29, 0.717) is 0 Å². The van der Waals surface area contributed by atoms with Crippen LogP contribution in [0.5, 0.6) is 0 Å². The molecule has 0 amide bonds. The first-order valence-corrected chi connectivity index (χ1v) is 2.09. The van der Waals surface area contributed by atoms with Gasteiger partial charge in [0.15, 0.2) is 0 Å². The van der Waals surface area contributed by atoms with E-state index in [9.17, 15) is 0 Å². The second-order valence-corrected chi connectivity index (χ2v) is 1.44. The van der Waals surface area contributed by atoms with Crippen molar-refractivity contribution in [2.24, 2.45) is 0 Å². The second-order valence-electron chi connectivity index (χ2n) is 1.44. The van der Waals surface area contributed by atoms with Gasteiger partial charge in [0.05, 0.1) is 0 Å². The van der Waals surface area contributed by atoms with Gasteiger partial charge in [0.2, 0.25) is 5.91 Å². The zero-order valence-electron chi connectivity index (χ0n) is 4.86. The molecule has 0 aromatic heterocycles. The molecule has 7 heavy (non-hydrogen) atoms. The molecule has 0 bridgehead atoms. The van der Waals surface area contributed by atoms with Crippen LogP contribution in [0.4, 0.5) is 0 Å². The van der Waals surface area contributed by atoms with Crippen molar-refractivity contribution in [3.8, 4) is 0 Å². The number of aliphatic hydroxyl groups is 1. The first-order chi connectivity index (χ1) is 3.12. The minimum atomic E-state index is -1.17. The van der Waals surface area contributed by atoms with Crippen molar-refractivity contribution in [1.82, 2.24) is 5.32 Å². The molecular formula is C4H11NO2. The van der Waals surface area contributed by atoms with Crippen molar-refractivity contribution in [1.29, 1.82) is 0 Å². The molecular weight excluding hydrogens is 94.0 g/mol. The zero-order valence-corrected chi connectivity index (χ0v) is 4.86. The lowest BCUT2D eigenvalue weighted by atomic mass is 10.6. The van der Waals surface area contributed by atoms with Crippen molar-refractivity contribution in [2.75, 3.05) is 14.2 Å². The molecule has 0 spiro atoms. The smallest absolute Gasteiger partial charge is 0.221 e. The van der Waals surface area contributed by atoms with Crippen molar-refractivity contribution >= 4 is 0 Å². The third-order valence-corrected chi connectivity index (χ3v) is 0.861. The van der Waals surface area contributed by atoms with E-state index in [1.807, 2.05) is 0 Å². The Hall–Kier alpha value is -0.120. The highest BCUT2D eigenvalue weighted by atomic mass is 16.6. The SMILES string of the molecule is CNC(C)(O)OC. The van der Waals surface area contributed by atoms with E-state index in [1.54, 1.807) is 7.05 Å². The molecule has 0 saturated heterocycles. The van der Waals surface area contributed by atoms with E-state index in [-0.39, 0.29) is 0 Å². The van der Waals surface area contributed by atoms with E-state index in [0.717, 1.165) is 0 Å². The van der Waals surface area contributed by atoms with Crippen LogP contribution < -0.4 is 5.32 Å². The molecule has 1 unspecified atom stereocenters. The largest absolute Gasteiger partial charge is 0.354 e. The van der Waals surface area contributed by atoms with Crippen LogP contribution in [0.1, 0.15) is 6.92 Å². The molecule has 0 heterocycles. The topological polar surface area (TPSA) is 41.5 Å². The lowest BCUT2D eigenvalue weighted by molar-refractivity contribution is -0.189. The predicted molar refractivity (Wildman–Crippen MR) is 26.7 cm³/mol. The summed E-state index contributed by atoms with van der Waals surface area (Å²) >= 11 is 0. The first-order valence-electron chi connectivity index (χ1n) is 2.09. The van der Waals surface area contributed by atoms with Gasteiger partial charge in [-0.25, -0.2) is 0 Å². The Balaban J connectivity index is 3.36. The summed E-state index contributed by atoms with van der Waals surface area (Å²) in [4.78, 5) is 0. The lowest BCUT2D eigenvalue weighted by Crippen LogP contribution is -2.40. The summed E-state index contributed by atoms with van der Waals surface area (Å²) in [5.41, 5.74) is 0. The molecule has 0 fully saturated rings. The van der Waals surface area contributed by atoms with Crippen LogP contribution in [0.15, 0.2) is 0 Å². The minimum Gasteiger partial charge on any atom is -0.354 e. The molecule has 3 heteroatoms. The van der Waals surface area contributed by atoms with Gasteiger partial charge in [-0.05, 0) is 7.05 Å². The van der Waals surface area contributed by atoms with Crippen LogP contribution in [0.25, 0.3) is 0 Å². The van der Waals surface area contributed by atoms with Gasteiger partial charge < -0.3 is 9.84 Å². The van der Waals surface area contributed by atoms with Crippen molar-refractivity contribution < 1.29 is 9.84 Å². The van der Waals surface area contributed by atoms with Gasteiger partial charge in [0.25, 0.3) is 0 Å². The maximum atomic E-state index is 8.80. The number of hydrogen-bond donors (Lipinski definition) is 2. The molecule has 2 N–H and O–H groups in total. The number of rotatable bonds is 2. The van der Waals surface area contributed by atoms with Gasteiger partial charge in [-0.15, -0.1) is 0 Å². The van der Waals surface area contributed by atoms with Gasteiger partial charge in [0, 0.05) is 14.0 Å². The van der Waals surface area contributed by atoms with Gasteiger partial charge in [-0.3, -0.25) is 5.32 Å². The van der Waals surface area contributed by atoms with E-state index in [2.05, 4.69) is 10.1 Å². The minimum absolute atomic E-state index is 1.17. The van der Waals surface area contributed by atoms with E-state index in [1.165, 1.54) is 14.0 Å². The molecule has 3 nitrogen and oxygen atoms in total. The Kier molecular flexibility index (Phi) is 2.22. The highest BCUT2D eigenvalue weighted by molar-refractivity contribution is 4.46. The van der Waals surface area contributed by atoms with Crippen LogP contribution in [-0.4, -0.2) is 25.2 Å². The summed E-state index contributed by atoms with van der Waals surface area (Å²) < 4.78 is 4.53. The molecule has 0 rings (SSSR count). The first kappa shape index (κ1) is 6.88. The maximum absolute atomic E-state index is 8.80. The van der Waals surface area contributed by atoms with Gasteiger partial charge >= 0.3 is 0 Å². The highest BCUT2D eigenvalue weighted by Gasteiger charge is 2.12. The van der Waals surface area contributed by atoms with Crippen LogP contribution in [0.2, 0.25) is 0 Å². The fraction of sp³-hybridized carbons (Fsp3) is 1.00. The Morgan fingerprint density at radius 1 is 1.71 bits per heavy atom. The second kappa shape index (κ2) is 2.26. The average molecular weight is 105 g/mol. The van der Waals surface area contributed by atoms with Gasteiger partial charge in [-0.2, -0.15) is 0 Å². The molecule has 0 saturated carbocycles. The number of nitrogens with one attached hydrogen (secondary N) is 1. The number of methoxy groups -OCH3 is 1. The summed E-state index contributed by atoms with van der Waals surface area (Å²) in [6.45, 7) is 1.52. The fourth-order valence-electron chi connectivity index (χ4n) is 0.102. The van der Waals surface area contributed by atoms with E-state index in [4.69, 9.17) is 5.11 Å². The zero-order chi connectivity index (χ0) is 5.91. The Labute approximate surface area is 43.3 Å². The summed E-state index contributed by atoms with van der Waals surface area (Å²) in [5, 5.41) is 11.3. The number of hydrogen-bond acceptors (Lipinski definition) is 3. The molecule has 1 atom stereocenters. The maximum Gasteiger partial charge on any atom is 0.221 e. The third kappa shape index (κ3) is 2.56. The molecule has 0 aliphatic heterocycles. The van der Waals surface area contributed by atoms with Crippen LogP contribution in [-0.2, 0) is 4.74 Å². The fourth-order valence-corrected chi connectivity index (χ4v) is 0.102. The third-order valence-electron chi connectivity index (χ3n) is 0.861. The molecule has 0 aliphatic carbocycles. The summed E-state index contributed by atoms with van der Waals surface area (Å²) in [7, 11) is 3.04. The van der Waals surface area contributed by atoms with Crippen LogP contribution >= 0.6 is 0 Å². The average Bonchev–Trinajstić information content (AvgIpc) is 1.68. The summed E-state index contributed by atoms with van der Waals surface area (Å²) in [6.07, 6.45) is 0. The Bertz CT molecular complexity index is 47.7. The Morgan fingerprint density at radius 2 is 2.14 bits per heavy atom. The predicted octanol–water partition coefficient (Wildman–Crippen LogP) is -0.482. The van der Waals surface area contributed by atoms with Crippen LogP contribution in [0, 0.1) is 0 Å². The molecule has 0 aromatic carbocycles. The van der Waals surface area contributed by atoms with E-state index >= 15 is 0 Å². The molecule has 0 aliphatic rings. The summed E-state index contributed by atoms with van der Waals surface area (Å²) in [5.74, 6) is -1.17. The van der Waals surface area contributed by atoms with E-state index < -0.39 is 5.91 Å². The molecule has 0 radical (unpaired) electrons. The van der Waals surface area contributed by atoms with Gasteiger partial charge in [0.1, 0.15) is 0 Å². The quantitative estimate of drug-likeness (QED) is 0.466. The van der Waals surface area contributed by atoms with Crippen molar-refractivity contribution in [2.45, 2.75) is 12.8 Å². The highest BCUT2D eigenvalue weighted by Crippen LogP contribution is 1.93. The monoisotopic (exact) mass is 105 g/mol. The number of ether oxygens (including phenoxy) is 1. The van der Waals surface area contributed by atoms with Crippen LogP contribution in [0.3, 0.4) is 0 Å². The van der Waals surface area contributed by atoms with Crippen molar-refractivity contribution in [3.05, 3.63) is 0 Å².